The van der Waals surface area contributed by atoms with Crippen LogP contribution in [0.5, 0.6) is 0 Å². The van der Waals surface area contributed by atoms with Gasteiger partial charge in [-0.05, 0) is 61.9 Å². The van der Waals surface area contributed by atoms with Gasteiger partial charge in [0.15, 0.2) is 0 Å². The Balaban J connectivity index is 1.76. The van der Waals surface area contributed by atoms with Crippen molar-refractivity contribution in [2.45, 2.75) is 38.8 Å². The first kappa shape index (κ1) is 14.0. The van der Waals surface area contributed by atoms with E-state index in [4.69, 9.17) is 0 Å². The van der Waals surface area contributed by atoms with Crippen LogP contribution in [-0.4, -0.2) is 50.8 Å². The molecule has 2 heterocycles. The van der Waals surface area contributed by atoms with E-state index >= 15 is 0 Å². The molecule has 3 rings (SSSR count). The lowest BCUT2D eigenvalue weighted by atomic mass is 9.98. The van der Waals surface area contributed by atoms with E-state index in [0.29, 0.717) is 12.1 Å². The van der Waals surface area contributed by atoms with Crippen molar-refractivity contribution in [3.8, 4) is 5.69 Å². The zero-order chi connectivity index (χ0) is 14.8. The van der Waals surface area contributed by atoms with Crippen LogP contribution in [0.1, 0.15) is 25.3 Å². The molecule has 1 aromatic carbocycles. The Morgan fingerprint density at radius 3 is 2.90 bits per heavy atom. The van der Waals surface area contributed by atoms with E-state index < -0.39 is 0 Å². The van der Waals surface area contributed by atoms with Crippen molar-refractivity contribution in [1.29, 1.82) is 0 Å². The van der Waals surface area contributed by atoms with Gasteiger partial charge in [-0.1, -0.05) is 6.07 Å². The minimum Gasteiger partial charge on any atom is -0.382 e. The van der Waals surface area contributed by atoms with Crippen LogP contribution in [0.4, 0.5) is 5.69 Å². The van der Waals surface area contributed by atoms with Gasteiger partial charge in [-0.2, -0.15) is 0 Å². The fraction of sp³-hybridized carbons (Fsp3) is 0.533. The molecule has 2 aromatic rings. The van der Waals surface area contributed by atoms with Crippen molar-refractivity contribution in [1.82, 2.24) is 25.1 Å². The molecular weight excluding hydrogens is 264 g/mol. The molecule has 1 N–H and O–H groups in total. The molecule has 0 spiro atoms. The van der Waals surface area contributed by atoms with Crippen LogP contribution in [0.2, 0.25) is 0 Å². The van der Waals surface area contributed by atoms with Crippen LogP contribution in [0, 0.1) is 6.92 Å². The monoisotopic (exact) mass is 286 g/mol. The van der Waals surface area contributed by atoms with Gasteiger partial charge in [0, 0.05) is 24.3 Å². The third-order valence-corrected chi connectivity index (χ3v) is 4.38. The van der Waals surface area contributed by atoms with E-state index in [1.54, 1.807) is 11.0 Å². The van der Waals surface area contributed by atoms with E-state index in [9.17, 15) is 0 Å². The Bertz CT molecular complexity index is 594. The highest BCUT2D eigenvalue weighted by Gasteiger charge is 2.22. The second kappa shape index (κ2) is 5.81. The number of piperidine rings is 1. The molecule has 1 aliphatic rings. The van der Waals surface area contributed by atoms with Crippen LogP contribution in [0.25, 0.3) is 5.69 Å². The van der Waals surface area contributed by atoms with Crippen molar-refractivity contribution >= 4 is 5.69 Å². The maximum absolute atomic E-state index is 3.98. The summed E-state index contributed by atoms with van der Waals surface area (Å²) in [6, 6.07) is 7.51. The number of benzene rings is 1. The fourth-order valence-corrected chi connectivity index (χ4v) is 2.87. The van der Waals surface area contributed by atoms with Crippen molar-refractivity contribution in [3.05, 3.63) is 30.1 Å². The highest BCUT2D eigenvalue weighted by Crippen LogP contribution is 2.23. The number of nitrogens with one attached hydrogen (secondary N) is 1. The smallest absolute Gasteiger partial charge is 0.143 e. The third-order valence-electron chi connectivity index (χ3n) is 4.38. The Morgan fingerprint density at radius 2 is 2.19 bits per heavy atom. The average molecular weight is 286 g/mol. The molecule has 0 saturated carbocycles. The van der Waals surface area contributed by atoms with Crippen molar-refractivity contribution < 1.29 is 0 Å². The quantitative estimate of drug-likeness (QED) is 0.933. The molecule has 0 amide bonds. The van der Waals surface area contributed by atoms with Crippen LogP contribution < -0.4 is 5.32 Å². The molecule has 1 aromatic heterocycles. The van der Waals surface area contributed by atoms with Crippen molar-refractivity contribution in [3.63, 3.8) is 0 Å². The molecule has 6 heteroatoms. The van der Waals surface area contributed by atoms with Gasteiger partial charge in [-0.15, -0.1) is 5.10 Å². The first-order valence-corrected chi connectivity index (χ1v) is 7.44. The number of tetrazole rings is 1. The third kappa shape index (κ3) is 3.05. The number of nitrogens with zero attached hydrogens (tertiary/aromatic N) is 5. The summed E-state index contributed by atoms with van der Waals surface area (Å²) < 4.78 is 1.71. The number of anilines is 1. The lowest BCUT2D eigenvalue weighted by molar-refractivity contribution is 0.190. The zero-order valence-corrected chi connectivity index (χ0v) is 12.8. The topological polar surface area (TPSA) is 58.9 Å². The van der Waals surface area contributed by atoms with Gasteiger partial charge in [0.25, 0.3) is 0 Å². The number of hydrogen-bond donors (Lipinski definition) is 1. The second-order valence-electron chi connectivity index (χ2n) is 5.95. The summed E-state index contributed by atoms with van der Waals surface area (Å²) in [7, 11) is 2.20. The number of rotatable bonds is 3. The van der Waals surface area contributed by atoms with E-state index in [1.807, 2.05) is 0 Å². The largest absolute Gasteiger partial charge is 0.382 e. The first-order chi connectivity index (χ1) is 10.1. The Kier molecular flexibility index (Phi) is 3.88. The molecule has 1 aliphatic heterocycles. The summed E-state index contributed by atoms with van der Waals surface area (Å²) in [5, 5.41) is 15.1. The predicted octanol–water partition coefficient (Wildman–Crippen LogP) is 1.87. The molecule has 21 heavy (non-hydrogen) atoms. The van der Waals surface area contributed by atoms with Crippen LogP contribution in [0.15, 0.2) is 24.5 Å². The molecule has 0 aliphatic carbocycles. The maximum Gasteiger partial charge on any atom is 0.143 e. The zero-order valence-electron chi connectivity index (χ0n) is 12.8. The highest BCUT2D eigenvalue weighted by molar-refractivity contribution is 5.55. The summed E-state index contributed by atoms with van der Waals surface area (Å²) in [5.41, 5.74) is 3.31. The standard InChI is InChI=1S/C15H22N6/c1-11-4-5-13(9-15(11)21-10-16-18-19-21)17-14-6-7-20(3)12(2)8-14/h4-5,9-10,12,14,17H,6-8H2,1-3H3. The number of aromatic nitrogens is 4. The minimum absolute atomic E-state index is 0.528. The summed E-state index contributed by atoms with van der Waals surface area (Å²) in [6.45, 7) is 5.50. The predicted molar refractivity (Wildman–Crippen MR) is 82.6 cm³/mol. The Morgan fingerprint density at radius 1 is 1.33 bits per heavy atom. The lowest BCUT2D eigenvalue weighted by Crippen LogP contribution is -2.42. The van der Waals surface area contributed by atoms with Gasteiger partial charge in [0.1, 0.15) is 6.33 Å². The van der Waals surface area contributed by atoms with Crippen LogP contribution >= 0.6 is 0 Å². The lowest BCUT2D eigenvalue weighted by Gasteiger charge is -2.35. The highest BCUT2D eigenvalue weighted by atomic mass is 15.5. The van der Waals surface area contributed by atoms with Gasteiger partial charge in [-0.25, -0.2) is 4.68 Å². The van der Waals surface area contributed by atoms with Crippen molar-refractivity contribution in [2.24, 2.45) is 0 Å². The summed E-state index contributed by atoms with van der Waals surface area (Å²) in [4.78, 5) is 2.42. The van der Waals surface area contributed by atoms with E-state index in [0.717, 1.165) is 23.5 Å². The maximum atomic E-state index is 3.98. The summed E-state index contributed by atoms with van der Waals surface area (Å²) in [5.74, 6) is 0. The molecule has 112 valence electrons. The number of hydrogen-bond acceptors (Lipinski definition) is 5. The second-order valence-corrected chi connectivity index (χ2v) is 5.95. The molecular formula is C15H22N6. The normalized spacial score (nSPS) is 23.2. The minimum atomic E-state index is 0.528. The fourth-order valence-electron chi connectivity index (χ4n) is 2.87. The SMILES string of the molecule is Cc1ccc(NC2CCN(C)C(C)C2)cc1-n1cnnn1. The molecule has 0 radical (unpaired) electrons. The van der Waals surface area contributed by atoms with Crippen molar-refractivity contribution in [2.75, 3.05) is 18.9 Å². The first-order valence-electron chi connectivity index (χ1n) is 7.44. The van der Waals surface area contributed by atoms with Gasteiger partial charge in [0.2, 0.25) is 0 Å². The Hall–Kier alpha value is -1.95. The van der Waals surface area contributed by atoms with Gasteiger partial charge in [-0.3, -0.25) is 0 Å². The molecule has 6 nitrogen and oxygen atoms in total. The van der Waals surface area contributed by atoms with E-state index in [1.165, 1.54) is 12.8 Å². The molecule has 2 unspecified atom stereocenters. The van der Waals surface area contributed by atoms with Gasteiger partial charge >= 0.3 is 0 Å². The van der Waals surface area contributed by atoms with Crippen LogP contribution in [-0.2, 0) is 0 Å². The van der Waals surface area contributed by atoms with Gasteiger partial charge < -0.3 is 10.2 Å². The number of likely N-dealkylation sites (tertiary alicyclic amines) is 1. The Labute approximate surface area is 125 Å². The molecule has 2 atom stereocenters. The summed E-state index contributed by atoms with van der Waals surface area (Å²) >= 11 is 0. The molecule has 1 fully saturated rings. The molecule has 0 bridgehead atoms. The van der Waals surface area contributed by atoms with Gasteiger partial charge in [0.05, 0.1) is 5.69 Å². The van der Waals surface area contributed by atoms with E-state index in [2.05, 4.69) is 64.8 Å². The number of aryl methyl sites for hydroxylation is 1. The average Bonchev–Trinajstić information content (AvgIpc) is 2.99. The van der Waals surface area contributed by atoms with E-state index in [-0.39, 0.29) is 0 Å². The summed E-state index contributed by atoms with van der Waals surface area (Å²) in [6.07, 6.45) is 3.98. The molecule has 1 saturated heterocycles. The van der Waals surface area contributed by atoms with Crippen LogP contribution in [0.3, 0.4) is 0 Å².